The second-order valence-corrected chi connectivity index (χ2v) is 5.65. The van der Waals surface area contributed by atoms with Crippen LogP contribution in [0.2, 0.25) is 0 Å². The second-order valence-electron chi connectivity index (χ2n) is 5.65. The molecule has 1 aliphatic heterocycles. The Morgan fingerprint density at radius 2 is 2.11 bits per heavy atom. The minimum atomic E-state index is -0.259. The van der Waals surface area contributed by atoms with Gasteiger partial charge in [0.15, 0.2) is 0 Å². The first-order chi connectivity index (χ1) is 9.00. The third-order valence-corrected chi connectivity index (χ3v) is 4.01. The molecular formula is C15H23FN2O. The summed E-state index contributed by atoms with van der Waals surface area (Å²) in [5.41, 5.74) is 6.73. The Bertz CT molecular complexity index is 424. The van der Waals surface area contributed by atoms with Crippen molar-refractivity contribution < 1.29 is 9.50 Å². The van der Waals surface area contributed by atoms with Gasteiger partial charge in [-0.2, -0.15) is 0 Å². The highest BCUT2D eigenvalue weighted by Gasteiger charge is 2.32. The van der Waals surface area contributed by atoms with E-state index in [0.29, 0.717) is 5.56 Å². The van der Waals surface area contributed by atoms with Crippen molar-refractivity contribution in [1.29, 1.82) is 0 Å². The molecule has 4 unspecified atom stereocenters. The number of rotatable bonds is 3. The van der Waals surface area contributed by atoms with Crippen molar-refractivity contribution in [1.82, 2.24) is 4.90 Å². The molecule has 1 saturated heterocycles. The molecule has 1 heterocycles. The van der Waals surface area contributed by atoms with Crippen molar-refractivity contribution in [2.75, 3.05) is 13.1 Å². The Morgan fingerprint density at radius 3 is 2.68 bits per heavy atom. The van der Waals surface area contributed by atoms with Gasteiger partial charge in [0, 0.05) is 24.7 Å². The normalized spacial score (nSPS) is 28.1. The molecule has 1 aliphatic rings. The van der Waals surface area contributed by atoms with E-state index in [0.717, 1.165) is 19.5 Å². The van der Waals surface area contributed by atoms with Crippen molar-refractivity contribution in [3.05, 3.63) is 35.6 Å². The van der Waals surface area contributed by atoms with Crippen LogP contribution in [0.1, 0.15) is 31.9 Å². The van der Waals surface area contributed by atoms with E-state index in [-0.39, 0.29) is 29.9 Å². The summed E-state index contributed by atoms with van der Waals surface area (Å²) in [7, 11) is 0. The van der Waals surface area contributed by atoms with Crippen LogP contribution >= 0.6 is 0 Å². The Hall–Kier alpha value is -0.970. The van der Waals surface area contributed by atoms with E-state index in [1.165, 1.54) is 6.07 Å². The number of benzene rings is 1. The average Bonchev–Trinajstić information content (AvgIpc) is 2.36. The zero-order valence-electron chi connectivity index (χ0n) is 11.6. The number of aliphatic hydroxyl groups excluding tert-OH is 1. The van der Waals surface area contributed by atoms with E-state index in [4.69, 9.17) is 5.73 Å². The number of halogens is 1. The second kappa shape index (κ2) is 5.99. The van der Waals surface area contributed by atoms with Gasteiger partial charge in [-0.25, -0.2) is 4.39 Å². The largest absolute Gasteiger partial charge is 0.393 e. The lowest BCUT2D eigenvalue weighted by Crippen LogP contribution is -2.48. The molecule has 0 aliphatic carbocycles. The molecule has 0 amide bonds. The third kappa shape index (κ3) is 3.14. The molecule has 2 rings (SSSR count). The summed E-state index contributed by atoms with van der Waals surface area (Å²) >= 11 is 0. The number of hydrogen-bond donors (Lipinski definition) is 2. The molecular weight excluding hydrogens is 243 g/mol. The quantitative estimate of drug-likeness (QED) is 0.878. The van der Waals surface area contributed by atoms with Crippen molar-refractivity contribution in [3.63, 3.8) is 0 Å². The number of nitrogens with zero attached hydrogens (tertiary/aromatic N) is 1. The topological polar surface area (TPSA) is 49.5 Å². The molecule has 0 saturated carbocycles. The summed E-state index contributed by atoms with van der Waals surface area (Å²) in [6, 6.07) is 6.54. The Morgan fingerprint density at radius 1 is 1.42 bits per heavy atom. The first kappa shape index (κ1) is 14.4. The summed E-state index contributed by atoms with van der Waals surface area (Å²) in [4.78, 5) is 2.19. The Balaban J connectivity index is 2.24. The molecule has 0 bridgehead atoms. The Labute approximate surface area is 114 Å². The van der Waals surface area contributed by atoms with Gasteiger partial charge in [0.25, 0.3) is 0 Å². The molecule has 0 aromatic heterocycles. The highest BCUT2D eigenvalue weighted by molar-refractivity contribution is 5.23. The van der Waals surface area contributed by atoms with Crippen LogP contribution in [0, 0.1) is 11.7 Å². The zero-order valence-corrected chi connectivity index (χ0v) is 11.6. The van der Waals surface area contributed by atoms with E-state index in [1.54, 1.807) is 12.1 Å². The minimum absolute atomic E-state index is 0.129. The van der Waals surface area contributed by atoms with Crippen LogP contribution in [-0.2, 0) is 0 Å². The molecule has 3 N–H and O–H groups in total. The average molecular weight is 266 g/mol. The number of piperidine rings is 1. The van der Waals surface area contributed by atoms with Crippen LogP contribution < -0.4 is 5.73 Å². The summed E-state index contributed by atoms with van der Waals surface area (Å²) in [5, 5.41) is 9.81. The standard InChI is InChI=1S/C15H23FN2O/c1-10-9-18(8-7-14(10)19)15(11(2)17)12-5-3-4-6-13(12)16/h3-6,10-11,14-15,19H,7-9,17H2,1-2H3. The van der Waals surface area contributed by atoms with Gasteiger partial charge in [0.2, 0.25) is 0 Å². The van der Waals surface area contributed by atoms with Gasteiger partial charge in [-0.3, -0.25) is 4.90 Å². The molecule has 1 aromatic rings. The predicted molar refractivity (Wildman–Crippen MR) is 74.2 cm³/mol. The van der Waals surface area contributed by atoms with Gasteiger partial charge < -0.3 is 10.8 Å². The van der Waals surface area contributed by atoms with Crippen LogP contribution in [-0.4, -0.2) is 35.2 Å². The highest BCUT2D eigenvalue weighted by Crippen LogP contribution is 2.30. The third-order valence-electron chi connectivity index (χ3n) is 4.01. The van der Waals surface area contributed by atoms with Crippen molar-refractivity contribution in [2.45, 2.75) is 38.5 Å². The maximum absolute atomic E-state index is 14.0. The summed E-state index contributed by atoms with van der Waals surface area (Å²) in [6.07, 6.45) is 0.462. The van der Waals surface area contributed by atoms with Crippen molar-refractivity contribution in [3.8, 4) is 0 Å². The van der Waals surface area contributed by atoms with Gasteiger partial charge in [-0.05, 0) is 25.3 Å². The smallest absolute Gasteiger partial charge is 0.128 e. The maximum atomic E-state index is 14.0. The molecule has 0 radical (unpaired) electrons. The molecule has 3 nitrogen and oxygen atoms in total. The fourth-order valence-corrected chi connectivity index (χ4v) is 2.95. The molecule has 1 aromatic carbocycles. The first-order valence-electron chi connectivity index (χ1n) is 6.93. The highest BCUT2D eigenvalue weighted by atomic mass is 19.1. The zero-order chi connectivity index (χ0) is 14.0. The Kier molecular flexibility index (Phi) is 4.55. The van der Waals surface area contributed by atoms with Crippen molar-refractivity contribution >= 4 is 0 Å². The molecule has 106 valence electrons. The lowest BCUT2D eigenvalue weighted by molar-refractivity contribution is 0.0119. The summed E-state index contributed by atoms with van der Waals surface area (Å²) in [6.45, 7) is 5.44. The van der Waals surface area contributed by atoms with E-state index < -0.39 is 0 Å². The van der Waals surface area contributed by atoms with E-state index in [9.17, 15) is 9.50 Å². The van der Waals surface area contributed by atoms with Gasteiger partial charge in [0.1, 0.15) is 5.82 Å². The summed E-state index contributed by atoms with van der Waals surface area (Å²) < 4.78 is 14.0. The number of aliphatic hydroxyl groups is 1. The molecule has 4 heteroatoms. The fraction of sp³-hybridized carbons (Fsp3) is 0.600. The molecule has 0 spiro atoms. The SMILES string of the molecule is CC(N)C(c1ccccc1F)N1CCC(O)C(C)C1. The first-order valence-corrected chi connectivity index (χ1v) is 6.93. The number of nitrogens with two attached hydrogens (primary N) is 1. The minimum Gasteiger partial charge on any atom is -0.393 e. The van der Waals surface area contributed by atoms with E-state index in [2.05, 4.69) is 4.90 Å². The van der Waals surface area contributed by atoms with E-state index in [1.807, 2.05) is 19.9 Å². The van der Waals surface area contributed by atoms with E-state index >= 15 is 0 Å². The van der Waals surface area contributed by atoms with Gasteiger partial charge >= 0.3 is 0 Å². The number of hydrogen-bond acceptors (Lipinski definition) is 3. The van der Waals surface area contributed by atoms with Crippen LogP contribution in [0.5, 0.6) is 0 Å². The summed E-state index contributed by atoms with van der Waals surface area (Å²) in [5.74, 6) is -0.00894. The van der Waals surface area contributed by atoms with Gasteiger partial charge in [-0.15, -0.1) is 0 Å². The molecule has 4 atom stereocenters. The van der Waals surface area contributed by atoms with Crippen LogP contribution in [0.15, 0.2) is 24.3 Å². The van der Waals surface area contributed by atoms with Crippen LogP contribution in [0.25, 0.3) is 0 Å². The maximum Gasteiger partial charge on any atom is 0.128 e. The van der Waals surface area contributed by atoms with Gasteiger partial charge in [-0.1, -0.05) is 25.1 Å². The monoisotopic (exact) mass is 266 g/mol. The van der Waals surface area contributed by atoms with Gasteiger partial charge in [0.05, 0.1) is 12.1 Å². The predicted octanol–water partition coefficient (Wildman–Crippen LogP) is 1.92. The number of likely N-dealkylation sites (tertiary alicyclic amines) is 1. The molecule has 1 fully saturated rings. The lowest BCUT2D eigenvalue weighted by atomic mass is 9.91. The van der Waals surface area contributed by atoms with Crippen LogP contribution in [0.3, 0.4) is 0 Å². The van der Waals surface area contributed by atoms with Crippen LogP contribution in [0.4, 0.5) is 4.39 Å². The fourth-order valence-electron chi connectivity index (χ4n) is 2.95. The molecule has 19 heavy (non-hydrogen) atoms. The van der Waals surface area contributed by atoms with Crippen molar-refractivity contribution in [2.24, 2.45) is 11.7 Å². The lowest BCUT2D eigenvalue weighted by Gasteiger charge is -2.41.